The van der Waals surface area contributed by atoms with E-state index < -0.39 is 5.97 Å². The van der Waals surface area contributed by atoms with Crippen LogP contribution in [0.1, 0.15) is 43.2 Å². The highest BCUT2D eigenvalue weighted by Gasteiger charge is 2.21. The SMILES string of the molecule is Cc1ccccc1CNC(=O)c1c(C)[nH]c(C(=O)O)c1C. The number of aromatic amines is 1. The molecular weight excluding hydrogens is 268 g/mol. The molecule has 0 unspecified atom stereocenters. The predicted molar refractivity (Wildman–Crippen MR) is 79.6 cm³/mol. The second-order valence-electron chi connectivity index (χ2n) is 5.04. The number of aryl methyl sites for hydroxylation is 2. The molecule has 0 radical (unpaired) electrons. The fourth-order valence-electron chi connectivity index (χ4n) is 2.38. The van der Waals surface area contributed by atoms with E-state index in [4.69, 9.17) is 5.11 Å². The second-order valence-corrected chi connectivity index (χ2v) is 5.04. The molecule has 21 heavy (non-hydrogen) atoms. The Morgan fingerprint density at radius 1 is 1.19 bits per heavy atom. The van der Waals surface area contributed by atoms with Crippen molar-refractivity contribution in [3.63, 3.8) is 0 Å². The molecule has 0 saturated carbocycles. The standard InChI is InChI=1S/C16H18N2O3/c1-9-6-4-5-7-12(9)8-17-15(19)13-10(2)14(16(20)21)18-11(13)3/h4-7,18H,8H2,1-3H3,(H,17,19)(H,20,21). The van der Waals surface area contributed by atoms with E-state index in [-0.39, 0.29) is 11.6 Å². The van der Waals surface area contributed by atoms with E-state index in [9.17, 15) is 9.59 Å². The Kier molecular flexibility index (Phi) is 4.12. The largest absolute Gasteiger partial charge is 0.477 e. The number of aromatic carboxylic acids is 1. The summed E-state index contributed by atoms with van der Waals surface area (Å²) in [4.78, 5) is 26.1. The van der Waals surface area contributed by atoms with Crippen LogP contribution < -0.4 is 5.32 Å². The summed E-state index contributed by atoms with van der Waals surface area (Å²) in [5, 5.41) is 11.9. The summed E-state index contributed by atoms with van der Waals surface area (Å²) < 4.78 is 0. The fraction of sp³-hybridized carbons (Fsp3) is 0.250. The summed E-state index contributed by atoms with van der Waals surface area (Å²) in [6.07, 6.45) is 0. The zero-order chi connectivity index (χ0) is 15.6. The molecule has 5 nitrogen and oxygen atoms in total. The third-order valence-corrected chi connectivity index (χ3v) is 3.58. The van der Waals surface area contributed by atoms with Crippen LogP contribution in [0.5, 0.6) is 0 Å². The van der Waals surface area contributed by atoms with Gasteiger partial charge in [-0.25, -0.2) is 4.79 Å². The van der Waals surface area contributed by atoms with E-state index in [1.807, 2.05) is 31.2 Å². The molecule has 0 atom stereocenters. The van der Waals surface area contributed by atoms with Gasteiger partial charge in [-0.15, -0.1) is 0 Å². The Hall–Kier alpha value is -2.56. The Balaban J connectivity index is 2.18. The number of hydrogen-bond donors (Lipinski definition) is 3. The van der Waals surface area contributed by atoms with Gasteiger partial charge in [-0.2, -0.15) is 0 Å². The number of hydrogen-bond acceptors (Lipinski definition) is 2. The van der Waals surface area contributed by atoms with Crippen molar-refractivity contribution >= 4 is 11.9 Å². The number of aromatic nitrogens is 1. The van der Waals surface area contributed by atoms with E-state index in [1.54, 1.807) is 13.8 Å². The third kappa shape index (κ3) is 2.97. The summed E-state index contributed by atoms with van der Waals surface area (Å²) in [6.45, 7) is 5.73. The highest BCUT2D eigenvalue weighted by Crippen LogP contribution is 2.18. The molecule has 0 aliphatic heterocycles. The number of rotatable bonds is 4. The van der Waals surface area contributed by atoms with Gasteiger partial charge in [0.25, 0.3) is 5.91 Å². The molecule has 1 amide bonds. The van der Waals surface area contributed by atoms with Crippen molar-refractivity contribution in [2.75, 3.05) is 0 Å². The monoisotopic (exact) mass is 286 g/mol. The van der Waals surface area contributed by atoms with Crippen LogP contribution in [0.2, 0.25) is 0 Å². The first-order chi connectivity index (χ1) is 9.91. The van der Waals surface area contributed by atoms with Crippen LogP contribution in [0, 0.1) is 20.8 Å². The maximum absolute atomic E-state index is 12.3. The summed E-state index contributed by atoms with van der Waals surface area (Å²) in [7, 11) is 0. The Labute approximate surface area is 123 Å². The summed E-state index contributed by atoms with van der Waals surface area (Å²) in [5.41, 5.74) is 3.63. The maximum atomic E-state index is 12.3. The van der Waals surface area contributed by atoms with Gasteiger partial charge in [-0.3, -0.25) is 4.79 Å². The van der Waals surface area contributed by atoms with Gasteiger partial charge in [0, 0.05) is 12.2 Å². The van der Waals surface area contributed by atoms with Gasteiger partial charge < -0.3 is 15.4 Å². The van der Waals surface area contributed by atoms with E-state index in [1.165, 1.54) is 0 Å². The van der Waals surface area contributed by atoms with E-state index >= 15 is 0 Å². The van der Waals surface area contributed by atoms with Gasteiger partial charge in [-0.1, -0.05) is 24.3 Å². The lowest BCUT2D eigenvalue weighted by atomic mass is 10.1. The van der Waals surface area contributed by atoms with Gasteiger partial charge in [0.2, 0.25) is 0 Å². The van der Waals surface area contributed by atoms with Crippen molar-refractivity contribution in [3.8, 4) is 0 Å². The molecule has 1 aromatic carbocycles. The predicted octanol–water partition coefficient (Wildman–Crippen LogP) is 2.57. The molecule has 0 fully saturated rings. The minimum Gasteiger partial charge on any atom is -0.477 e. The number of carbonyl (C=O) groups is 2. The Bertz CT molecular complexity index is 702. The zero-order valence-corrected chi connectivity index (χ0v) is 12.3. The van der Waals surface area contributed by atoms with E-state index in [0.717, 1.165) is 11.1 Å². The quantitative estimate of drug-likeness (QED) is 0.808. The molecule has 1 heterocycles. The van der Waals surface area contributed by atoms with Gasteiger partial charge in [-0.05, 0) is 37.5 Å². The number of carboxylic acids is 1. The first kappa shape index (κ1) is 14.8. The molecule has 2 aromatic rings. The van der Waals surface area contributed by atoms with Crippen LogP contribution in [0.25, 0.3) is 0 Å². The summed E-state index contributed by atoms with van der Waals surface area (Å²) in [5.74, 6) is -1.33. The average Bonchev–Trinajstić information content (AvgIpc) is 2.73. The topological polar surface area (TPSA) is 82.2 Å². The lowest BCUT2D eigenvalue weighted by Crippen LogP contribution is -2.24. The highest BCUT2D eigenvalue weighted by atomic mass is 16.4. The minimum atomic E-state index is -1.06. The van der Waals surface area contributed by atoms with Crippen LogP contribution in [0.4, 0.5) is 0 Å². The number of amides is 1. The van der Waals surface area contributed by atoms with Crippen LogP contribution in [0.3, 0.4) is 0 Å². The Morgan fingerprint density at radius 2 is 1.86 bits per heavy atom. The first-order valence-electron chi connectivity index (χ1n) is 6.67. The molecule has 3 N–H and O–H groups in total. The minimum absolute atomic E-state index is 0.0635. The van der Waals surface area contributed by atoms with Gasteiger partial charge in [0.1, 0.15) is 5.69 Å². The van der Waals surface area contributed by atoms with Gasteiger partial charge in [0.05, 0.1) is 5.56 Å². The number of carboxylic acid groups (broad SMARTS) is 1. The van der Waals surface area contributed by atoms with Gasteiger partial charge in [0.15, 0.2) is 0 Å². The highest BCUT2D eigenvalue weighted by molar-refractivity contribution is 6.00. The molecule has 0 saturated heterocycles. The van der Waals surface area contributed by atoms with Crippen LogP contribution in [-0.4, -0.2) is 22.0 Å². The average molecular weight is 286 g/mol. The van der Waals surface area contributed by atoms with E-state index in [2.05, 4.69) is 10.3 Å². The fourth-order valence-corrected chi connectivity index (χ4v) is 2.38. The lowest BCUT2D eigenvalue weighted by molar-refractivity contribution is 0.0690. The number of nitrogens with one attached hydrogen (secondary N) is 2. The second kappa shape index (κ2) is 5.83. The third-order valence-electron chi connectivity index (χ3n) is 3.58. The van der Waals surface area contributed by atoms with Crippen molar-refractivity contribution in [2.45, 2.75) is 27.3 Å². The molecule has 110 valence electrons. The summed E-state index contributed by atoms with van der Waals surface area (Å²) >= 11 is 0. The van der Waals surface area contributed by atoms with E-state index in [0.29, 0.717) is 23.4 Å². The van der Waals surface area contributed by atoms with Crippen molar-refractivity contribution in [1.29, 1.82) is 0 Å². The van der Waals surface area contributed by atoms with Crippen LogP contribution >= 0.6 is 0 Å². The number of H-pyrrole nitrogens is 1. The summed E-state index contributed by atoms with van der Waals surface area (Å²) in [6, 6.07) is 7.80. The maximum Gasteiger partial charge on any atom is 0.352 e. The lowest BCUT2D eigenvalue weighted by Gasteiger charge is -2.08. The molecular formula is C16H18N2O3. The molecule has 0 bridgehead atoms. The van der Waals surface area contributed by atoms with Gasteiger partial charge >= 0.3 is 5.97 Å². The van der Waals surface area contributed by atoms with Crippen LogP contribution in [-0.2, 0) is 6.54 Å². The Morgan fingerprint density at radius 3 is 2.43 bits per heavy atom. The molecule has 0 aliphatic carbocycles. The molecule has 1 aromatic heterocycles. The van der Waals surface area contributed by atoms with Crippen molar-refractivity contribution in [1.82, 2.24) is 10.3 Å². The van der Waals surface area contributed by atoms with Crippen molar-refractivity contribution in [3.05, 3.63) is 57.9 Å². The zero-order valence-electron chi connectivity index (χ0n) is 12.3. The number of benzene rings is 1. The number of carbonyl (C=O) groups excluding carboxylic acids is 1. The first-order valence-corrected chi connectivity index (χ1v) is 6.67. The van der Waals surface area contributed by atoms with Crippen molar-refractivity contribution < 1.29 is 14.7 Å². The van der Waals surface area contributed by atoms with Crippen molar-refractivity contribution in [2.24, 2.45) is 0 Å². The molecule has 2 rings (SSSR count). The molecule has 0 aliphatic rings. The molecule has 0 spiro atoms. The van der Waals surface area contributed by atoms with Crippen LogP contribution in [0.15, 0.2) is 24.3 Å². The normalized spacial score (nSPS) is 10.4. The molecule has 5 heteroatoms. The smallest absolute Gasteiger partial charge is 0.352 e.